The molecule has 30 heavy (non-hydrogen) atoms. The summed E-state index contributed by atoms with van der Waals surface area (Å²) in [6, 6.07) is 3.95. The summed E-state index contributed by atoms with van der Waals surface area (Å²) in [5, 5.41) is 0. The first-order valence-corrected chi connectivity index (χ1v) is 12.5. The van der Waals surface area contributed by atoms with Crippen molar-refractivity contribution in [2.75, 3.05) is 39.4 Å². The summed E-state index contributed by atoms with van der Waals surface area (Å²) in [5.74, 6) is 0.602. The van der Waals surface area contributed by atoms with Crippen LogP contribution in [0.2, 0.25) is 0 Å². The summed E-state index contributed by atoms with van der Waals surface area (Å²) < 4.78 is 33.3. The van der Waals surface area contributed by atoms with Gasteiger partial charge < -0.3 is 9.64 Å². The van der Waals surface area contributed by atoms with E-state index in [1.807, 2.05) is 4.90 Å². The Morgan fingerprint density at radius 3 is 2.47 bits per heavy atom. The van der Waals surface area contributed by atoms with Gasteiger partial charge in [-0.05, 0) is 50.7 Å². The average molecular weight is 437 g/mol. The standard InChI is InChI=1S/C21H32N4O4S/c26-21(17-3-4-17)24-11-5-18(6-12-24)25(19-7-14-29-15-8-19)13-10-23-30(27,28)20-2-1-9-22-16-20/h1-2,9,16-19,23H,3-8,10-15H2. The molecule has 0 radical (unpaired) electrons. The number of aromatic nitrogens is 1. The molecule has 1 aromatic heterocycles. The summed E-state index contributed by atoms with van der Waals surface area (Å²) in [6.07, 6.45) is 8.86. The molecule has 2 aliphatic heterocycles. The highest BCUT2D eigenvalue weighted by molar-refractivity contribution is 7.89. The molecule has 4 rings (SSSR count). The number of sulfonamides is 1. The predicted molar refractivity (Wildman–Crippen MR) is 112 cm³/mol. The van der Waals surface area contributed by atoms with Crippen LogP contribution >= 0.6 is 0 Å². The van der Waals surface area contributed by atoms with Gasteiger partial charge in [0.1, 0.15) is 4.90 Å². The molecule has 1 amide bonds. The highest BCUT2D eigenvalue weighted by Crippen LogP contribution is 2.32. The second-order valence-electron chi connectivity index (χ2n) is 8.50. The summed E-state index contributed by atoms with van der Waals surface area (Å²) in [6.45, 7) is 4.13. The smallest absolute Gasteiger partial charge is 0.242 e. The van der Waals surface area contributed by atoms with Crippen molar-refractivity contribution in [3.05, 3.63) is 24.5 Å². The van der Waals surface area contributed by atoms with Gasteiger partial charge in [0.05, 0.1) is 0 Å². The van der Waals surface area contributed by atoms with Crippen molar-refractivity contribution in [3.63, 3.8) is 0 Å². The first-order chi connectivity index (χ1) is 14.5. The van der Waals surface area contributed by atoms with Crippen LogP contribution in [0.4, 0.5) is 0 Å². The van der Waals surface area contributed by atoms with Crippen molar-refractivity contribution in [2.24, 2.45) is 5.92 Å². The number of piperidine rings is 1. The normalized spacial score (nSPS) is 21.8. The van der Waals surface area contributed by atoms with Crippen LogP contribution in [0.1, 0.15) is 38.5 Å². The summed E-state index contributed by atoms with van der Waals surface area (Å²) in [5.41, 5.74) is 0. The van der Waals surface area contributed by atoms with E-state index >= 15 is 0 Å². The number of likely N-dealkylation sites (tertiary alicyclic amines) is 1. The van der Waals surface area contributed by atoms with Crippen molar-refractivity contribution in [1.82, 2.24) is 19.5 Å². The number of carbonyl (C=O) groups is 1. The number of hydrogen-bond acceptors (Lipinski definition) is 6. The molecule has 3 fully saturated rings. The summed E-state index contributed by atoms with van der Waals surface area (Å²) >= 11 is 0. The van der Waals surface area contributed by atoms with E-state index in [0.29, 0.717) is 31.1 Å². The highest BCUT2D eigenvalue weighted by atomic mass is 32.2. The number of carbonyl (C=O) groups excluding carboxylic acids is 1. The minimum absolute atomic E-state index is 0.189. The van der Waals surface area contributed by atoms with E-state index in [4.69, 9.17) is 4.74 Å². The van der Waals surface area contributed by atoms with E-state index < -0.39 is 10.0 Å². The first-order valence-electron chi connectivity index (χ1n) is 11.1. The van der Waals surface area contributed by atoms with E-state index in [2.05, 4.69) is 14.6 Å². The van der Waals surface area contributed by atoms with E-state index in [1.54, 1.807) is 18.3 Å². The Kier molecular flexibility index (Phi) is 7.02. The largest absolute Gasteiger partial charge is 0.381 e. The van der Waals surface area contributed by atoms with Crippen LogP contribution in [0.5, 0.6) is 0 Å². The third kappa shape index (κ3) is 5.38. The zero-order valence-electron chi connectivity index (χ0n) is 17.4. The van der Waals surface area contributed by atoms with Crippen LogP contribution in [0, 0.1) is 5.92 Å². The number of ether oxygens (including phenoxy) is 1. The lowest BCUT2D eigenvalue weighted by molar-refractivity contribution is -0.134. The predicted octanol–water partition coefficient (Wildman–Crippen LogP) is 1.24. The quantitative estimate of drug-likeness (QED) is 0.659. The van der Waals surface area contributed by atoms with Gasteiger partial charge in [-0.15, -0.1) is 0 Å². The van der Waals surface area contributed by atoms with Crippen molar-refractivity contribution < 1.29 is 17.9 Å². The molecule has 2 saturated heterocycles. The molecule has 0 unspecified atom stereocenters. The molecule has 0 spiro atoms. The fraction of sp³-hybridized carbons (Fsp3) is 0.714. The van der Waals surface area contributed by atoms with E-state index in [1.165, 1.54) is 6.20 Å². The number of nitrogens with one attached hydrogen (secondary N) is 1. The number of amides is 1. The highest BCUT2D eigenvalue weighted by Gasteiger charge is 2.37. The number of hydrogen-bond donors (Lipinski definition) is 1. The number of rotatable bonds is 8. The topological polar surface area (TPSA) is 91.8 Å². The van der Waals surface area contributed by atoms with Gasteiger partial charge in [0.2, 0.25) is 15.9 Å². The molecule has 0 atom stereocenters. The maximum absolute atomic E-state index is 12.5. The van der Waals surface area contributed by atoms with Crippen LogP contribution in [-0.4, -0.2) is 80.6 Å². The van der Waals surface area contributed by atoms with Gasteiger partial charge in [-0.25, -0.2) is 13.1 Å². The monoisotopic (exact) mass is 436 g/mol. The lowest BCUT2D eigenvalue weighted by atomic mass is 9.97. The van der Waals surface area contributed by atoms with Crippen LogP contribution in [-0.2, 0) is 19.6 Å². The van der Waals surface area contributed by atoms with Gasteiger partial charge in [0.15, 0.2) is 0 Å². The Morgan fingerprint density at radius 1 is 1.13 bits per heavy atom. The Balaban J connectivity index is 1.35. The lowest BCUT2D eigenvalue weighted by Gasteiger charge is -2.43. The summed E-state index contributed by atoms with van der Waals surface area (Å²) in [4.78, 5) is 21.0. The maximum Gasteiger partial charge on any atom is 0.242 e. The SMILES string of the molecule is O=C(C1CC1)N1CCC(N(CCNS(=O)(=O)c2cccnc2)C2CCOCC2)CC1. The molecule has 8 nitrogen and oxygen atoms in total. The van der Waals surface area contributed by atoms with Crippen LogP contribution in [0.25, 0.3) is 0 Å². The Labute approximate surface area is 179 Å². The molecule has 3 aliphatic rings. The molecule has 1 N–H and O–H groups in total. The number of nitrogens with zero attached hydrogens (tertiary/aromatic N) is 3. The Morgan fingerprint density at radius 2 is 1.83 bits per heavy atom. The van der Waals surface area contributed by atoms with E-state index in [0.717, 1.165) is 64.8 Å². The average Bonchev–Trinajstić information content (AvgIpc) is 3.63. The van der Waals surface area contributed by atoms with Crippen molar-refractivity contribution in [2.45, 2.75) is 55.5 Å². The molecule has 166 valence electrons. The molecule has 0 bridgehead atoms. The van der Waals surface area contributed by atoms with Gasteiger partial charge >= 0.3 is 0 Å². The van der Waals surface area contributed by atoms with Crippen molar-refractivity contribution >= 4 is 15.9 Å². The van der Waals surface area contributed by atoms with E-state index in [-0.39, 0.29) is 10.8 Å². The van der Waals surface area contributed by atoms with Crippen LogP contribution in [0.3, 0.4) is 0 Å². The third-order valence-corrected chi connectivity index (χ3v) is 7.88. The van der Waals surface area contributed by atoms with Crippen LogP contribution < -0.4 is 4.72 Å². The van der Waals surface area contributed by atoms with Gasteiger partial charge in [0.25, 0.3) is 0 Å². The molecule has 1 aromatic rings. The Bertz CT molecular complexity index is 802. The molecular formula is C21H32N4O4S. The molecule has 0 aromatic carbocycles. The fourth-order valence-electron chi connectivity index (χ4n) is 4.58. The van der Waals surface area contributed by atoms with Crippen molar-refractivity contribution in [3.8, 4) is 0 Å². The molecule has 1 aliphatic carbocycles. The van der Waals surface area contributed by atoms with Crippen LogP contribution in [0.15, 0.2) is 29.4 Å². The van der Waals surface area contributed by atoms with Gasteiger partial charge in [-0.3, -0.25) is 14.7 Å². The van der Waals surface area contributed by atoms with Gasteiger partial charge in [0, 0.05) is 69.8 Å². The van der Waals surface area contributed by atoms with Gasteiger partial charge in [-0.1, -0.05) is 0 Å². The maximum atomic E-state index is 12.5. The molecule has 1 saturated carbocycles. The lowest BCUT2D eigenvalue weighted by Crippen LogP contribution is -2.53. The second-order valence-corrected chi connectivity index (χ2v) is 10.3. The second kappa shape index (κ2) is 9.72. The molecule has 3 heterocycles. The first kappa shape index (κ1) is 21.7. The fourth-order valence-corrected chi connectivity index (χ4v) is 5.57. The van der Waals surface area contributed by atoms with E-state index in [9.17, 15) is 13.2 Å². The zero-order valence-corrected chi connectivity index (χ0v) is 18.2. The minimum Gasteiger partial charge on any atom is -0.381 e. The summed E-state index contributed by atoms with van der Waals surface area (Å²) in [7, 11) is -3.56. The Hall–Kier alpha value is -1.55. The number of pyridine rings is 1. The third-order valence-electron chi connectivity index (χ3n) is 6.44. The van der Waals surface area contributed by atoms with Crippen molar-refractivity contribution in [1.29, 1.82) is 0 Å². The minimum atomic E-state index is -3.56. The molecular weight excluding hydrogens is 404 g/mol. The zero-order chi connectivity index (χ0) is 21.0. The molecule has 9 heteroatoms. The van der Waals surface area contributed by atoms with Gasteiger partial charge in [-0.2, -0.15) is 0 Å².